The van der Waals surface area contributed by atoms with E-state index in [1.54, 1.807) is 23.1 Å². The van der Waals surface area contributed by atoms with Gasteiger partial charge in [-0.05, 0) is 48.1 Å². The lowest BCUT2D eigenvalue weighted by molar-refractivity contribution is 0.559. The second-order valence-corrected chi connectivity index (χ2v) is 8.50. The maximum atomic E-state index is 12.0. The summed E-state index contributed by atoms with van der Waals surface area (Å²) in [5, 5.41) is 13.1. The topological polar surface area (TPSA) is 60.9 Å². The van der Waals surface area contributed by atoms with Crippen LogP contribution in [0.5, 0.6) is 0 Å². The van der Waals surface area contributed by atoms with E-state index in [-0.39, 0.29) is 5.63 Å². The molecule has 0 aliphatic rings. The molecule has 0 radical (unpaired) electrons. The molecule has 0 bridgehead atoms. The first kappa shape index (κ1) is 19.2. The molecule has 1 aromatic carbocycles. The van der Waals surface area contributed by atoms with Gasteiger partial charge in [-0.1, -0.05) is 36.4 Å². The SMILES string of the molecule is CCc1cc2oc(=O)cc(CSc3nnc(-c4cccs4)n3CC)c2cc1Cl. The third-order valence-electron chi connectivity index (χ3n) is 4.51. The van der Waals surface area contributed by atoms with E-state index in [1.165, 1.54) is 6.07 Å². The van der Waals surface area contributed by atoms with Crippen LogP contribution in [0.25, 0.3) is 21.7 Å². The van der Waals surface area contributed by atoms with Crippen molar-refractivity contribution in [3.05, 3.63) is 62.3 Å². The lowest BCUT2D eigenvalue weighted by Crippen LogP contribution is -2.02. The average Bonchev–Trinajstić information content (AvgIpc) is 3.35. The molecule has 0 spiro atoms. The first-order valence-corrected chi connectivity index (χ1v) is 11.2. The van der Waals surface area contributed by atoms with Crippen molar-refractivity contribution in [2.24, 2.45) is 0 Å². The summed E-state index contributed by atoms with van der Waals surface area (Å²) in [5.74, 6) is 1.44. The van der Waals surface area contributed by atoms with Crippen LogP contribution in [0.4, 0.5) is 0 Å². The second-order valence-electron chi connectivity index (χ2n) is 6.20. The number of thiophene rings is 1. The van der Waals surface area contributed by atoms with Crippen LogP contribution in [-0.4, -0.2) is 14.8 Å². The molecule has 4 aromatic rings. The standard InChI is InChI=1S/C20H18ClN3O2S2/c1-3-12-8-16-14(10-15(12)21)13(9-18(25)26-16)11-28-20-23-22-19(24(20)4-2)17-6-5-7-27-17/h5-10H,3-4,11H2,1-2H3. The third kappa shape index (κ3) is 3.62. The van der Waals surface area contributed by atoms with Gasteiger partial charge in [0.1, 0.15) is 5.58 Å². The van der Waals surface area contributed by atoms with Gasteiger partial charge in [-0.3, -0.25) is 0 Å². The number of rotatable bonds is 6. The summed E-state index contributed by atoms with van der Waals surface area (Å²) in [6.45, 7) is 4.86. The molecule has 0 fully saturated rings. The minimum absolute atomic E-state index is 0.358. The van der Waals surface area contributed by atoms with E-state index in [4.69, 9.17) is 16.0 Å². The van der Waals surface area contributed by atoms with Gasteiger partial charge in [-0.2, -0.15) is 0 Å². The van der Waals surface area contributed by atoms with E-state index in [9.17, 15) is 4.79 Å². The highest BCUT2D eigenvalue weighted by Crippen LogP contribution is 2.32. The van der Waals surface area contributed by atoms with Crippen molar-refractivity contribution in [1.29, 1.82) is 0 Å². The Balaban J connectivity index is 1.68. The van der Waals surface area contributed by atoms with Crippen molar-refractivity contribution in [2.45, 2.75) is 37.7 Å². The molecule has 0 aliphatic heterocycles. The van der Waals surface area contributed by atoms with Crippen LogP contribution in [0.1, 0.15) is 25.0 Å². The molecule has 28 heavy (non-hydrogen) atoms. The van der Waals surface area contributed by atoms with E-state index in [0.717, 1.165) is 45.3 Å². The Labute approximate surface area is 175 Å². The van der Waals surface area contributed by atoms with E-state index >= 15 is 0 Å². The van der Waals surface area contributed by atoms with Crippen molar-refractivity contribution in [2.75, 3.05) is 0 Å². The third-order valence-corrected chi connectivity index (χ3v) is 6.74. The first-order chi connectivity index (χ1) is 13.6. The van der Waals surface area contributed by atoms with E-state index in [1.807, 2.05) is 36.6 Å². The molecule has 3 heterocycles. The number of halogens is 1. The predicted octanol–water partition coefficient (Wildman–Crippen LogP) is 5.64. The molecule has 8 heteroatoms. The zero-order valence-electron chi connectivity index (χ0n) is 15.4. The smallest absolute Gasteiger partial charge is 0.336 e. The highest BCUT2D eigenvalue weighted by Gasteiger charge is 2.15. The molecular weight excluding hydrogens is 414 g/mol. The van der Waals surface area contributed by atoms with Crippen molar-refractivity contribution >= 4 is 45.7 Å². The normalized spacial score (nSPS) is 11.4. The van der Waals surface area contributed by atoms with Crippen LogP contribution >= 0.6 is 34.7 Å². The van der Waals surface area contributed by atoms with Crippen LogP contribution < -0.4 is 5.63 Å². The molecule has 0 amide bonds. The number of aryl methyl sites for hydroxylation is 1. The largest absolute Gasteiger partial charge is 0.423 e. The molecule has 3 aromatic heterocycles. The Hall–Kier alpha value is -2.09. The number of fused-ring (bicyclic) bond motifs is 1. The maximum absolute atomic E-state index is 12.0. The highest BCUT2D eigenvalue weighted by molar-refractivity contribution is 7.98. The van der Waals surface area contributed by atoms with Crippen molar-refractivity contribution < 1.29 is 4.42 Å². The number of aromatic nitrogens is 3. The fourth-order valence-electron chi connectivity index (χ4n) is 3.09. The van der Waals surface area contributed by atoms with Gasteiger partial charge in [0.05, 0.1) is 4.88 Å². The van der Waals surface area contributed by atoms with Gasteiger partial charge < -0.3 is 8.98 Å². The average molecular weight is 432 g/mol. The minimum atomic E-state index is -0.358. The van der Waals surface area contributed by atoms with Crippen LogP contribution in [0, 0.1) is 0 Å². The second kappa shape index (κ2) is 8.11. The molecule has 0 unspecified atom stereocenters. The Morgan fingerprint density at radius 2 is 2.07 bits per heavy atom. The summed E-state index contributed by atoms with van der Waals surface area (Å²) in [4.78, 5) is 13.1. The Kier molecular flexibility index (Phi) is 5.57. The Morgan fingerprint density at radius 3 is 2.79 bits per heavy atom. The van der Waals surface area contributed by atoms with E-state index in [0.29, 0.717) is 16.4 Å². The number of hydrogen-bond donors (Lipinski definition) is 0. The van der Waals surface area contributed by atoms with Crippen molar-refractivity contribution in [3.8, 4) is 10.7 Å². The van der Waals surface area contributed by atoms with Crippen LogP contribution in [0.15, 0.2) is 50.1 Å². The zero-order valence-corrected chi connectivity index (χ0v) is 17.8. The highest BCUT2D eigenvalue weighted by atomic mass is 35.5. The minimum Gasteiger partial charge on any atom is -0.423 e. The summed E-state index contributed by atoms with van der Waals surface area (Å²) in [6, 6.07) is 9.32. The van der Waals surface area contributed by atoms with Gasteiger partial charge in [0.15, 0.2) is 11.0 Å². The lowest BCUT2D eigenvalue weighted by atomic mass is 10.1. The van der Waals surface area contributed by atoms with Gasteiger partial charge in [0, 0.05) is 28.8 Å². The number of hydrogen-bond acceptors (Lipinski definition) is 6. The van der Waals surface area contributed by atoms with Crippen molar-refractivity contribution in [3.63, 3.8) is 0 Å². The summed E-state index contributed by atoms with van der Waals surface area (Å²) in [5.41, 5.74) is 2.06. The summed E-state index contributed by atoms with van der Waals surface area (Å²) in [7, 11) is 0. The molecule has 144 valence electrons. The molecule has 4 rings (SSSR count). The van der Waals surface area contributed by atoms with Gasteiger partial charge in [0.25, 0.3) is 0 Å². The Morgan fingerprint density at radius 1 is 1.21 bits per heavy atom. The van der Waals surface area contributed by atoms with Crippen LogP contribution in [0.3, 0.4) is 0 Å². The zero-order chi connectivity index (χ0) is 19.7. The van der Waals surface area contributed by atoms with Crippen molar-refractivity contribution in [1.82, 2.24) is 14.8 Å². The van der Waals surface area contributed by atoms with Gasteiger partial charge >= 0.3 is 5.63 Å². The lowest BCUT2D eigenvalue weighted by Gasteiger charge is -2.09. The molecule has 0 aliphatic carbocycles. The number of nitrogens with zero attached hydrogens (tertiary/aromatic N) is 3. The van der Waals surface area contributed by atoms with Gasteiger partial charge in [0.2, 0.25) is 0 Å². The molecule has 0 saturated carbocycles. The predicted molar refractivity (Wildman–Crippen MR) is 115 cm³/mol. The summed E-state index contributed by atoms with van der Waals surface area (Å²) >= 11 is 9.58. The summed E-state index contributed by atoms with van der Waals surface area (Å²) < 4.78 is 7.48. The van der Waals surface area contributed by atoms with Crippen LogP contribution in [0.2, 0.25) is 5.02 Å². The molecule has 0 atom stereocenters. The van der Waals surface area contributed by atoms with Gasteiger partial charge in [-0.25, -0.2) is 4.79 Å². The van der Waals surface area contributed by atoms with Crippen LogP contribution in [-0.2, 0) is 18.7 Å². The molecule has 5 nitrogen and oxygen atoms in total. The number of thioether (sulfide) groups is 1. The number of benzene rings is 1. The monoisotopic (exact) mass is 431 g/mol. The fourth-order valence-corrected chi connectivity index (χ4v) is 5.10. The Bertz CT molecular complexity index is 1180. The summed E-state index contributed by atoms with van der Waals surface area (Å²) in [6.07, 6.45) is 0.780. The quantitative estimate of drug-likeness (QED) is 0.292. The van der Waals surface area contributed by atoms with Gasteiger partial charge in [-0.15, -0.1) is 21.5 Å². The first-order valence-electron chi connectivity index (χ1n) is 8.95. The fraction of sp³-hybridized carbons (Fsp3) is 0.250. The molecule has 0 N–H and O–H groups in total. The van der Waals surface area contributed by atoms with E-state index < -0.39 is 0 Å². The maximum Gasteiger partial charge on any atom is 0.336 e. The molecular formula is C20H18ClN3O2S2. The van der Waals surface area contributed by atoms with E-state index in [2.05, 4.69) is 21.7 Å². The molecule has 0 saturated heterocycles.